The highest BCUT2D eigenvalue weighted by atomic mass is 16.6. The van der Waals surface area contributed by atoms with E-state index in [0.29, 0.717) is 0 Å². The van der Waals surface area contributed by atoms with Crippen molar-refractivity contribution in [2.75, 3.05) is 5.32 Å². The van der Waals surface area contributed by atoms with Crippen molar-refractivity contribution in [3.05, 3.63) is 57.8 Å². The second-order valence-corrected chi connectivity index (χ2v) is 3.76. The zero-order valence-electron chi connectivity index (χ0n) is 10.0. The molecule has 1 aromatic carbocycles. The van der Waals surface area contributed by atoms with E-state index in [1.165, 1.54) is 18.2 Å². The number of hydrogen-bond donors (Lipinski definition) is 2. The van der Waals surface area contributed by atoms with Crippen molar-refractivity contribution in [3.8, 4) is 0 Å². The van der Waals surface area contributed by atoms with Gasteiger partial charge in [0.15, 0.2) is 5.76 Å². The van der Waals surface area contributed by atoms with Crippen molar-refractivity contribution in [2.45, 2.75) is 0 Å². The van der Waals surface area contributed by atoms with Crippen molar-refractivity contribution in [3.63, 3.8) is 0 Å². The van der Waals surface area contributed by atoms with Gasteiger partial charge in [-0.2, -0.15) is 0 Å². The molecule has 0 atom stereocenters. The summed E-state index contributed by atoms with van der Waals surface area (Å²) >= 11 is 0. The first-order chi connectivity index (χ1) is 9.49. The van der Waals surface area contributed by atoms with Crippen LogP contribution in [-0.4, -0.2) is 16.7 Å². The number of benzene rings is 1. The summed E-state index contributed by atoms with van der Waals surface area (Å²) in [6.07, 6.45) is 0. The summed E-state index contributed by atoms with van der Waals surface area (Å²) in [4.78, 5) is 32.7. The molecule has 20 heavy (non-hydrogen) atoms. The zero-order chi connectivity index (χ0) is 14.7. The highest BCUT2D eigenvalue weighted by molar-refractivity contribution is 6.07. The van der Waals surface area contributed by atoms with Gasteiger partial charge in [-0.05, 0) is 18.2 Å². The predicted octanol–water partition coefficient (Wildman–Crippen LogP) is 1.54. The molecular weight excluding hydrogens is 266 g/mol. The molecule has 2 rings (SSSR count). The van der Waals surface area contributed by atoms with E-state index in [9.17, 15) is 19.7 Å². The fraction of sp³-hybridized carbons (Fsp3) is 0. The molecule has 8 heteroatoms. The molecule has 102 valence electrons. The van der Waals surface area contributed by atoms with Crippen LogP contribution in [0.4, 0.5) is 11.6 Å². The standard InChI is InChI=1S/C12H9N3O5/c13-11(16)7-3-1-2-4-8(7)14-12(17)9-5-6-10(20-9)15(18)19/h1-6H,(H2,13,16)(H,14,17). The third kappa shape index (κ3) is 2.64. The molecule has 8 nitrogen and oxygen atoms in total. The Hall–Kier alpha value is -3.16. The lowest BCUT2D eigenvalue weighted by molar-refractivity contribution is -0.402. The highest BCUT2D eigenvalue weighted by Crippen LogP contribution is 2.19. The van der Waals surface area contributed by atoms with E-state index < -0.39 is 22.6 Å². The highest BCUT2D eigenvalue weighted by Gasteiger charge is 2.18. The quantitative estimate of drug-likeness (QED) is 0.645. The minimum Gasteiger partial charge on any atom is -0.395 e. The minimum absolute atomic E-state index is 0.127. The maximum Gasteiger partial charge on any atom is 0.433 e. The van der Waals surface area contributed by atoms with Crippen molar-refractivity contribution in [1.82, 2.24) is 0 Å². The molecule has 0 saturated carbocycles. The number of nitrogens with one attached hydrogen (secondary N) is 1. The van der Waals surface area contributed by atoms with Crippen LogP contribution in [-0.2, 0) is 0 Å². The molecule has 0 radical (unpaired) electrons. The molecule has 0 aliphatic heterocycles. The number of carbonyl (C=O) groups is 2. The average Bonchev–Trinajstić information content (AvgIpc) is 2.89. The summed E-state index contributed by atoms with van der Waals surface area (Å²) in [6.45, 7) is 0. The number of carbonyl (C=O) groups excluding carboxylic acids is 2. The number of nitrogens with zero attached hydrogens (tertiary/aromatic N) is 1. The third-order valence-electron chi connectivity index (χ3n) is 2.44. The van der Waals surface area contributed by atoms with Crippen LogP contribution in [0.2, 0.25) is 0 Å². The molecule has 0 aliphatic carbocycles. The Morgan fingerprint density at radius 2 is 1.90 bits per heavy atom. The van der Waals surface area contributed by atoms with Crippen LogP contribution >= 0.6 is 0 Å². The van der Waals surface area contributed by atoms with E-state index in [0.717, 1.165) is 6.07 Å². The first kappa shape index (κ1) is 13.3. The average molecular weight is 275 g/mol. The van der Waals surface area contributed by atoms with Gasteiger partial charge in [-0.3, -0.25) is 19.7 Å². The van der Waals surface area contributed by atoms with Gasteiger partial charge in [0.1, 0.15) is 4.92 Å². The lowest BCUT2D eigenvalue weighted by Crippen LogP contribution is -2.17. The first-order valence-corrected chi connectivity index (χ1v) is 5.43. The fourth-order valence-corrected chi connectivity index (χ4v) is 1.54. The molecule has 0 fully saturated rings. The Labute approximate surface area is 112 Å². The van der Waals surface area contributed by atoms with Crippen molar-refractivity contribution in [2.24, 2.45) is 5.73 Å². The van der Waals surface area contributed by atoms with Gasteiger partial charge in [-0.1, -0.05) is 12.1 Å². The van der Waals surface area contributed by atoms with Gasteiger partial charge >= 0.3 is 5.88 Å². The van der Waals surface area contributed by atoms with Crippen LogP contribution in [0.1, 0.15) is 20.9 Å². The van der Waals surface area contributed by atoms with Gasteiger partial charge in [-0.25, -0.2) is 0 Å². The summed E-state index contributed by atoms with van der Waals surface area (Å²) in [5.74, 6) is -2.20. The molecule has 2 aromatic rings. The van der Waals surface area contributed by atoms with Crippen LogP contribution in [0.15, 0.2) is 40.8 Å². The van der Waals surface area contributed by atoms with E-state index in [2.05, 4.69) is 5.32 Å². The fourth-order valence-electron chi connectivity index (χ4n) is 1.54. The van der Waals surface area contributed by atoms with Crippen molar-refractivity contribution in [1.29, 1.82) is 0 Å². The molecule has 1 aromatic heterocycles. The van der Waals surface area contributed by atoms with Crippen LogP contribution in [0.5, 0.6) is 0 Å². The molecule has 3 N–H and O–H groups in total. The summed E-state index contributed by atoms with van der Waals surface area (Å²) in [5, 5.41) is 12.9. The van der Waals surface area contributed by atoms with Crippen molar-refractivity contribution < 1.29 is 18.9 Å². The van der Waals surface area contributed by atoms with Gasteiger partial charge in [-0.15, -0.1) is 0 Å². The van der Waals surface area contributed by atoms with E-state index >= 15 is 0 Å². The Morgan fingerprint density at radius 1 is 1.20 bits per heavy atom. The smallest absolute Gasteiger partial charge is 0.395 e. The third-order valence-corrected chi connectivity index (χ3v) is 2.44. The summed E-state index contributed by atoms with van der Waals surface area (Å²) < 4.78 is 4.75. The lowest BCUT2D eigenvalue weighted by atomic mass is 10.1. The largest absolute Gasteiger partial charge is 0.433 e. The predicted molar refractivity (Wildman–Crippen MR) is 68.3 cm³/mol. The molecule has 0 unspecified atom stereocenters. The molecule has 0 aliphatic rings. The number of hydrogen-bond acceptors (Lipinski definition) is 5. The molecule has 0 spiro atoms. The van der Waals surface area contributed by atoms with Crippen LogP contribution < -0.4 is 11.1 Å². The number of nitro groups is 1. The Morgan fingerprint density at radius 3 is 2.50 bits per heavy atom. The molecule has 0 saturated heterocycles. The Bertz CT molecular complexity index is 692. The summed E-state index contributed by atoms with van der Waals surface area (Å²) in [7, 11) is 0. The van der Waals surface area contributed by atoms with Gasteiger partial charge in [0, 0.05) is 0 Å². The van der Waals surface area contributed by atoms with E-state index in [1.54, 1.807) is 12.1 Å². The van der Waals surface area contributed by atoms with Crippen molar-refractivity contribution >= 4 is 23.4 Å². The summed E-state index contributed by atoms with van der Waals surface area (Å²) in [6, 6.07) is 8.35. The summed E-state index contributed by atoms with van der Waals surface area (Å²) in [5.41, 5.74) is 5.49. The SMILES string of the molecule is NC(=O)c1ccccc1NC(=O)c1ccc([N+](=O)[O-])o1. The van der Waals surface area contributed by atoms with E-state index in [4.69, 9.17) is 10.2 Å². The van der Waals surface area contributed by atoms with E-state index in [1.807, 2.05) is 0 Å². The number of para-hydroxylation sites is 1. The van der Waals surface area contributed by atoms with Gasteiger partial charge in [0.2, 0.25) is 0 Å². The number of amides is 2. The number of nitrogens with two attached hydrogens (primary N) is 1. The number of furan rings is 1. The van der Waals surface area contributed by atoms with Gasteiger partial charge < -0.3 is 15.5 Å². The Balaban J connectivity index is 2.23. The normalized spacial score (nSPS) is 10.0. The van der Waals surface area contributed by atoms with E-state index in [-0.39, 0.29) is 17.0 Å². The molecular formula is C12H9N3O5. The second kappa shape index (κ2) is 5.22. The monoisotopic (exact) mass is 275 g/mol. The van der Waals surface area contributed by atoms with Gasteiger partial charge in [0.25, 0.3) is 11.8 Å². The lowest BCUT2D eigenvalue weighted by Gasteiger charge is -2.06. The number of primary amides is 1. The number of rotatable bonds is 4. The molecule has 1 heterocycles. The Kier molecular flexibility index (Phi) is 3.47. The number of anilines is 1. The topological polar surface area (TPSA) is 128 Å². The molecule has 2 amide bonds. The van der Waals surface area contributed by atoms with Crippen LogP contribution in [0, 0.1) is 10.1 Å². The second-order valence-electron chi connectivity index (χ2n) is 3.76. The molecule has 0 bridgehead atoms. The maximum atomic E-state index is 11.8. The van der Waals surface area contributed by atoms with Crippen LogP contribution in [0.25, 0.3) is 0 Å². The first-order valence-electron chi connectivity index (χ1n) is 5.43. The zero-order valence-corrected chi connectivity index (χ0v) is 10.0. The van der Waals surface area contributed by atoms with Gasteiger partial charge in [0.05, 0.1) is 17.3 Å². The minimum atomic E-state index is -0.756. The van der Waals surface area contributed by atoms with Crippen LogP contribution in [0.3, 0.4) is 0 Å². The maximum absolute atomic E-state index is 11.8.